The third kappa shape index (κ3) is 5.72. The van der Waals surface area contributed by atoms with E-state index in [2.05, 4.69) is 14.6 Å². The Labute approximate surface area is 80.8 Å². The van der Waals surface area contributed by atoms with Crippen LogP contribution in [0.5, 0.6) is 0 Å². The molecule has 0 aromatic carbocycles. The molecule has 0 fully saturated rings. The van der Waals surface area contributed by atoms with Crippen LogP contribution in [0.1, 0.15) is 20.3 Å². The molecule has 0 bridgehead atoms. The highest BCUT2D eigenvalue weighted by atomic mass is 31.0. The molecule has 1 amide bonds. The molecular formula is C8H17N2O2P. The molecule has 2 unspecified atom stereocenters. The first-order valence-corrected chi connectivity index (χ1v) is 4.83. The van der Waals surface area contributed by atoms with Crippen LogP contribution in [0.3, 0.4) is 0 Å². The normalized spacial score (nSPS) is 12.7. The second-order valence-corrected chi connectivity index (χ2v) is 3.93. The third-order valence-corrected chi connectivity index (χ3v) is 1.97. The average Bonchev–Trinajstić information content (AvgIpc) is 2.02. The number of nitrogens with two attached hydrogens (primary N) is 1. The Morgan fingerprint density at radius 1 is 1.46 bits per heavy atom. The molecule has 0 rings (SSSR count). The van der Waals surface area contributed by atoms with Crippen LogP contribution >= 0.6 is 9.24 Å². The molecule has 5 heteroatoms. The molecule has 76 valence electrons. The second kappa shape index (κ2) is 6.06. The van der Waals surface area contributed by atoms with E-state index in [1.807, 2.05) is 13.8 Å². The molecule has 0 aliphatic carbocycles. The van der Waals surface area contributed by atoms with Gasteiger partial charge in [-0.25, -0.2) is 0 Å². The van der Waals surface area contributed by atoms with Crippen molar-refractivity contribution in [1.29, 1.82) is 0 Å². The van der Waals surface area contributed by atoms with Gasteiger partial charge in [0.2, 0.25) is 5.91 Å². The molecule has 0 radical (unpaired) electrons. The van der Waals surface area contributed by atoms with Crippen molar-refractivity contribution in [1.82, 2.24) is 5.32 Å². The number of carbonyl (C=O) groups is 2. The van der Waals surface area contributed by atoms with Crippen LogP contribution in [0.2, 0.25) is 0 Å². The van der Waals surface area contributed by atoms with Gasteiger partial charge < -0.3 is 11.1 Å². The molecular weight excluding hydrogens is 187 g/mol. The van der Waals surface area contributed by atoms with Crippen LogP contribution in [0, 0.1) is 5.92 Å². The van der Waals surface area contributed by atoms with Gasteiger partial charge in [0.05, 0.1) is 12.6 Å². The van der Waals surface area contributed by atoms with Crippen molar-refractivity contribution in [3.05, 3.63) is 0 Å². The van der Waals surface area contributed by atoms with Gasteiger partial charge in [-0.05, 0) is 12.3 Å². The molecule has 0 aliphatic heterocycles. The van der Waals surface area contributed by atoms with Crippen LogP contribution in [-0.2, 0) is 9.59 Å². The lowest BCUT2D eigenvalue weighted by Gasteiger charge is -2.16. The quantitative estimate of drug-likeness (QED) is 0.613. The molecule has 0 saturated carbocycles. The Morgan fingerprint density at radius 2 is 2.00 bits per heavy atom. The Bertz CT molecular complexity index is 195. The third-order valence-electron chi connectivity index (χ3n) is 1.57. The van der Waals surface area contributed by atoms with Crippen LogP contribution < -0.4 is 11.1 Å². The SMILES string of the molecule is CC(C)CC(NC(=O)CN)C(=O)P. The fourth-order valence-corrected chi connectivity index (χ4v) is 1.19. The molecule has 13 heavy (non-hydrogen) atoms. The first kappa shape index (κ1) is 12.5. The predicted octanol–water partition coefficient (Wildman–Crippen LogP) is -0.122. The monoisotopic (exact) mass is 204 g/mol. The van der Waals surface area contributed by atoms with Crippen LogP contribution in [0.4, 0.5) is 0 Å². The molecule has 0 aliphatic rings. The summed E-state index contributed by atoms with van der Waals surface area (Å²) in [4.78, 5) is 21.9. The number of rotatable bonds is 5. The number of nitrogens with one attached hydrogen (secondary N) is 1. The van der Waals surface area contributed by atoms with Gasteiger partial charge in [0, 0.05) is 0 Å². The van der Waals surface area contributed by atoms with Crippen molar-refractivity contribution in [2.24, 2.45) is 11.7 Å². The van der Waals surface area contributed by atoms with Gasteiger partial charge in [0.1, 0.15) is 0 Å². The van der Waals surface area contributed by atoms with Crippen molar-refractivity contribution in [2.45, 2.75) is 26.3 Å². The number of hydrogen-bond donors (Lipinski definition) is 2. The van der Waals surface area contributed by atoms with E-state index in [-0.39, 0.29) is 18.0 Å². The Morgan fingerprint density at radius 3 is 2.31 bits per heavy atom. The summed E-state index contributed by atoms with van der Waals surface area (Å²) in [5.41, 5.74) is 5.02. The summed E-state index contributed by atoms with van der Waals surface area (Å²) >= 11 is 0. The van der Waals surface area contributed by atoms with E-state index in [1.165, 1.54) is 0 Å². The minimum atomic E-state index is -0.416. The maximum atomic E-state index is 11.0. The summed E-state index contributed by atoms with van der Waals surface area (Å²) in [6.07, 6.45) is 0.647. The van der Waals surface area contributed by atoms with E-state index in [0.29, 0.717) is 12.3 Å². The van der Waals surface area contributed by atoms with E-state index in [0.717, 1.165) is 0 Å². The molecule has 4 nitrogen and oxygen atoms in total. The number of hydrogen-bond acceptors (Lipinski definition) is 3. The number of carbonyl (C=O) groups excluding carboxylic acids is 2. The zero-order valence-electron chi connectivity index (χ0n) is 8.04. The highest BCUT2D eigenvalue weighted by Crippen LogP contribution is 2.08. The van der Waals surface area contributed by atoms with Crippen molar-refractivity contribution >= 4 is 20.7 Å². The highest BCUT2D eigenvalue weighted by molar-refractivity contribution is 7.40. The van der Waals surface area contributed by atoms with Crippen molar-refractivity contribution in [2.75, 3.05) is 6.54 Å². The van der Waals surface area contributed by atoms with Gasteiger partial charge in [0.15, 0.2) is 5.52 Å². The summed E-state index contributed by atoms with van der Waals surface area (Å²) in [5.74, 6) is 0.0778. The average molecular weight is 204 g/mol. The Kier molecular flexibility index (Phi) is 5.84. The lowest BCUT2D eigenvalue weighted by atomic mass is 10.0. The summed E-state index contributed by atoms with van der Waals surface area (Å²) in [6.45, 7) is 3.91. The van der Waals surface area contributed by atoms with Gasteiger partial charge in [-0.3, -0.25) is 9.59 Å². The minimum absolute atomic E-state index is 0.0768. The minimum Gasteiger partial charge on any atom is -0.345 e. The van der Waals surface area contributed by atoms with Crippen molar-refractivity contribution in [3.63, 3.8) is 0 Å². The van der Waals surface area contributed by atoms with Gasteiger partial charge in [-0.2, -0.15) is 0 Å². The maximum Gasteiger partial charge on any atom is 0.234 e. The molecule has 0 aromatic heterocycles. The molecule has 2 atom stereocenters. The molecule has 0 spiro atoms. The summed E-state index contributed by atoms with van der Waals surface area (Å²) in [7, 11) is 2.08. The van der Waals surface area contributed by atoms with Gasteiger partial charge in [0.25, 0.3) is 0 Å². The second-order valence-electron chi connectivity index (χ2n) is 3.36. The summed E-state index contributed by atoms with van der Waals surface area (Å²) in [6, 6.07) is -0.416. The lowest BCUT2D eigenvalue weighted by Crippen LogP contribution is -2.42. The number of amides is 1. The van der Waals surface area contributed by atoms with E-state index in [9.17, 15) is 9.59 Å². The summed E-state index contributed by atoms with van der Waals surface area (Å²) in [5, 5.41) is 2.56. The first-order valence-electron chi connectivity index (χ1n) is 4.26. The van der Waals surface area contributed by atoms with Crippen LogP contribution in [0.25, 0.3) is 0 Å². The first-order chi connectivity index (χ1) is 5.97. The van der Waals surface area contributed by atoms with Gasteiger partial charge >= 0.3 is 0 Å². The Balaban J connectivity index is 4.10. The molecule has 0 heterocycles. The van der Waals surface area contributed by atoms with Crippen molar-refractivity contribution < 1.29 is 9.59 Å². The van der Waals surface area contributed by atoms with E-state index >= 15 is 0 Å². The fourth-order valence-electron chi connectivity index (χ4n) is 0.971. The molecule has 0 saturated heterocycles. The van der Waals surface area contributed by atoms with Gasteiger partial charge in [-0.15, -0.1) is 0 Å². The molecule has 0 aromatic rings. The van der Waals surface area contributed by atoms with Crippen LogP contribution in [0.15, 0.2) is 0 Å². The molecule has 3 N–H and O–H groups in total. The maximum absolute atomic E-state index is 11.0. The zero-order valence-corrected chi connectivity index (χ0v) is 9.19. The topological polar surface area (TPSA) is 72.2 Å². The van der Waals surface area contributed by atoms with E-state index in [4.69, 9.17) is 5.73 Å². The largest absolute Gasteiger partial charge is 0.345 e. The smallest absolute Gasteiger partial charge is 0.234 e. The fraction of sp³-hybridized carbons (Fsp3) is 0.750. The predicted molar refractivity (Wildman–Crippen MR) is 55.2 cm³/mol. The van der Waals surface area contributed by atoms with E-state index in [1.54, 1.807) is 0 Å². The standard InChI is InChI=1S/C8H17N2O2P/c1-5(2)3-6(8(12)13)10-7(11)4-9/h5-6H,3-4,9,13H2,1-2H3,(H,10,11). The highest BCUT2D eigenvalue weighted by Gasteiger charge is 2.17. The van der Waals surface area contributed by atoms with Crippen molar-refractivity contribution in [3.8, 4) is 0 Å². The zero-order chi connectivity index (χ0) is 10.4. The van der Waals surface area contributed by atoms with Crippen LogP contribution in [-0.4, -0.2) is 24.0 Å². The Hall–Kier alpha value is -0.470. The van der Waals surface area contributed by atoms with Gasteiger partial charge in [-0.1, -0.05) is 23.1 Å². The van der Waals surface area contributed by atoms with E-state index < -0.39 is 6.04 Å². The lowest BCUT2D eigenvalue weighted by molar-refractivity contribution is -0.123. The summed E-state index contributed by atoms with van der Waals surface area (Å²) < 4.78 is 0.